The van der Waals surface area contributed by atoms with Crippen molar-refractivity contribution in [2.45, 2.75) is 6.54 Å². The maximum absolute atomic E-state index is 8.61. The fourth-order valence-electron chi connectivity index (χ4n) is 1.52. The lowest BCUT2D eigenvalue weighted by Crippen LogP contribution is -2.16. The smallest absolute Gasteiger partial charge is 0.232 e. The molecule has 2 aromatic rings. The summed E-state index contributed by atoms with van der Waals surface area (Å²) in [5.41, 5.74) is 2.12. The lowest BCUT2D eigenvalue weighted by Gasteiger charge is -2.18. The largest absolute Gasteiger partial charge is 0.368 e. The van der Waals surface area contributed by atoms with E-state index in [4.69, 9.17) is 5.26 Å². The highest BCUT2D eigenvalue weighted by Crippen LogP contribution is 2.12. The van der Waals surface area contributed by atoms with E-state index in [9.17, 15) is 0 Å². The topological polar surface area (TPSA) is 52.8 Å². The van der Waals surface area contributed by atoms with E-state index >= 15 is 0 Å². The van der Waals surface area contributed by atoms with Crippen molar-refractivity contribution in [3.8, 4) is 6.07 Å². The van der Waals surface area contributed by atoms with E-state index in [1.165, 1.54) is 5.56 Å². The fourth-order valence-corrected chi connectivity index (χ4v) is 1.52. The SMILES string of the molecule is CN(Cc1ccccc1)c1cnc(C#N)nc1. The van der Waals surface area contributed by atoms with Gasteiger partial charge < -0.3 is 4.90 Å². The van der Waals surface area contributed by atoms with Crippen molar-refractivity contribution in [3.63, 3.8) is 0 Å². The van der Waals surface area contributed by atoms with Crippen LogP contribution in [0.1, 0.15) is 11.4 Å². The zero-order chi connectivity index (χ0) is 12.1. The molecule has 0 saturated carbocycles. The first-order chi connectivity index (χ1) is 8.29. The molecule has 4 heteroatoms. The van der Waals surface area contributed by atoms with E-state index in [-0.39, 0.29) is 5.82 Å². The van der Waals surface area contributed by atoms with E-state index in [2.05, 4.69) is 22.1 Å². The Morgan fingerprint density at radius 1 is 1.18 bits per heavy atom. The molecule has 0 aliphatic rings. The van der Waals surface area contributed by atoms with Crippen molar-refractivity contribution in [1.29, 1.82) is 5.26 Å². The van der Waals surface area contributed by atoms with Crippen LogP contribution in [-0.2, 0) is 6.54 Å². The van der Waals surface area contributed by atoms with E-state index in [0.717, 1.165) is 12.2 Å². The van der Waals surface area contributed by atoms with Crippen LogP contribution in [-0.4, -0.2) is 17.0 Å². The molecule has 4 nitrogen and oxygen atoms in total. The molecule has 2 rings (SSSR count). The fraction of sp³-hybridized carbons (Fsp3) is 0.154. The molecule has 0 bridgehead atoms. The predicted octanol–water partition coefficient (Wildman–Crippen LogP) is 1.98. The third-order valence-electron chi connectivity index (χ3n) is 2.44. The highest BCUT2D eigenvalue weighted by atomic mass is 15.1. The minimum absolute atomic E-state index is 0.196. The molecule has 0 aliphatic carbocycles. The number of rotatable bonds is 3. The Bertz CT molecular complexity index is 513. The van der Waals surface area contributed by atoms with Crippen molar-refractivity contribution in [2.24, 2.45) is 0 Å². The molecule has 1 aromatic carbocycles. The number of nitrogens with zero attached hydrogens (tertiary/aromatic N) is 4. The number of anilines is 1. The molecule has 1 aromatic heterocycles. The number of hydrogen-bond donors (Lipinski definition) is 0. The molecule has 0 N–H and O–H groups in total. The standard InChI is InChI=1S/C13H12N4/c1-17(10-11-5-3-2-4-6-11)12-8-15-13(7-14)16-9-12/h2-6,8-9H,10H2,1H3. The van der Waals surface area contributed by atoms with E-state index in [0.29, 0.717) is 0 Å². The molecule has 0 spiro atoms. The molecule has 1 heterocycles. The molecule has 0 fully saturated rings. The van der Waals surface area contributed by atoms with Crippen LogP contribution in [0.2, 0.25) is 0 Å². The Labute approximate surface area is 100 Å². The minimum Gasteiger partial charge on any atom is -0.368 e. The predicted molar refractivity (Wildman–Crippen MR) is 65.3 cm³/mol. The summed E-state index contributed by atoms with van der Waals surface area (Å²) in [5.74, 6) is 0.196. The second kappa shape index (κ2) is 5.08. The monoisotopic (exact) mass is 224 g/mol. The Morgan fingerprint density at radius 2 is 1.82 bits per heavy atom. The molecule has 17 heavy (non-hydrogen) atoms. The van der Waals surface area contributed by atoms with Crippen LogP contribution < -0.4 is 4.90 Å². The van der Waals surface area contributed by atoms with Gasteiger partial charge in [-0.3, -0.25) is 0 Å². The zero-order valence-electron chi connectivity index (χ0n) is 9.54. The van der Waals surface area contributed by atoms with Crippen LogP contribution in [0.15, 0.2) is 42.7 Å². The first-order valence-electron chi connectivity index (χ1n) is 5.27. The van der Waals surface area contributed by atoms with Crippen molar-refractivity contribution in [3.05, 3.63) is 54.1 Å². The van der Waals surface area contributed by atoms with Crippen molar-refractivity contribution < 1.29 is 0 Å². The third-order valence-corrected chi connectivity index (χ3v) is 2.44. The molecule has 0 unspecified atom stereocenters. The quantitative estimate of drug-likeness (QED) is 0.800. The molecule has 0 aliphatic heterocycles. The van der Waals surface area contributed by atoms with Gasteiger partial charge >= 0.3 is 0 Å². The molecule has 0 atom stereocenters. The number of nitriles is 1. The average molecular weight is 224 g/mol. The highest BCUT2D eigenvalue weighted by Gasteiger charge is 2.03. The van der Waals surface area contributed by atoms with Crippen LogP contribution in [0.3, 0.4) is 0 Å². The molecule has 0 radical (unpaired) electrons. The Hall–Kier alpha value is -2.41. The van der Waals surface area contributed by atoms with Gasteiger partial charge in [0.15, 0.2) is 0 Å². The number of aromatic nitrogens is 2. The Kier molecular flexibility index (Phi) is 3.31. The summed E-state index contributed by atoms with van der Waals surface area (Å²) in [6, 6.07) is 12.1. The van der Waals surface area contributed by atoms with Crippen molar-refractivity contribution >= 4 is 5.69 Å². The molecule has 0 amide bonds. The summed E-state index contributed by atoms with van der Waals surface area (Å²) in [6.07, 6.45) is 3.32. The van der Waals surface area contributed by atoms with Gasteiger partial charge in [-0.05, 0) is 5.56 Å². The maximum Gasteiger partial charge on any atom is 0.232 e. The number of benzene rings is 1. The second-order valence-corrected chi connectivity index (χ2v) is 3.72. The third kappa shape index (κ3) is 2.79. The van der Waals surface area contributed by atoms with E-state index in [1.54, 1.807) is 12.4 Å². The molecule has 0 saturated heterocycles. The summed E-state index contributed by atoms with van der Waals surface area (Å²) in [5, 5.41) is 8.61. The summed E-state index contributed by atoms with van der Waals surface area (Å²) in [6.45, 7) is 0.788. The van der Waals surface area contributed by atoms with Crippen molar-refractivity contribution in [1.82, 2.24) is 9.97 Å². The van der Waals surface area contributed by atoms with Gasteiger partial charge in [0.1, 0.15) is 6.07 Å². The first-order valence-corrected chi connectivity index (χ1v) is 5.27. The van der Waals surface area contributed by atoms with Gasteiger partial charge in [0.05, 0.1) is 18.1 Å². The normalized spacial score (nSPS) is 9.65. The van der Waals surface area contributed by atoms with Crippen LogP contribution in [0.4, 0.5) is 5.69 Å². The van der Waals surface area contributed by atoms with Crippen LogP contribution >= 0.6 is 0 Å². The molecular weight excluding hydrogens is 212 g/mol. The first kappa shape index (κ1) is 11.1. The van der Waals surface area contributed by atoms with Gasteiger partial charge in [-0.25, -0.2) is 9.97 Å². The molecule has 84 valence electrons. The minimum atomic E-state index is 0.196. The summed E-state index contributed by atoms with van der Waals surface area (Å²) >= 11 is 0. The van der Waals surface area contributed by atoms with Crippen LogP contribution in [0.25, 0.3) is 0 Å². The van der Waals surface area contributed by atoms with E-state index in [1.807, 2.05) is 36.2 Å². The van der Waals surface area contributed by atoms with E-state index < -0.39 is 0 Å². The van der Waals surface area contributed by atoms with Gasteiger partial charge in [-0.2, -0.15) is 5.26 Å². The zero-order valence-corrected chi connectivity index (χ0v) is 9.54. The van der Waals surface area contributed by atoms with Gasteiger partial charge in [0.25, 0.3) is 0 Å². The van der Waals surface area contributed by atoms with Crippen molar-refractivity contribution in [2.75, 3.05) is 11.9 Å². The lowest BCUT2D eigenvalue weighted by molar-refractivity contribution is 0.906. The second-order valence-electron chi connectivity index (χ2n) is 3.72. The summed E-state index contributed by atoms with van der Waals surface area (Å²) < 4.78 is 0. The Morgan fingerprint density at radius 3 is 2.41 bits per heavy atom. The van der Waals surface area contributed by atoms with Gasteiger partial charge in [0.2, 0.25) is 5.82 Å². The summed E-state index contributed by atoms with van der Waals surface area (Å²) in [7, 11) is 1.97. The lowest BCUT2D eigenvalue weighted by atomic mass is 10.2. The Balaban J connectivity index is 2.10. The summed E-state index contributed by atoms with van der Waals surface area (Å²) in [4.78, 5) is 9.93. The highest BCUT2D eigenvalue weighted by molar-refractivity contribution is 5.42. The average Bonchev–Trinajstić information content (AvgIpc) is 2.40. The van der Waals surface area contributed by atoms with Gasteiger partial charge in [-0.1, -0.05) is 30.3 Å². The molecular formula is C13H12N4. The van der Waals surface area contributed by atoms with Gasteiger partial charge in [-0.15, -0.1) is 0 Å². The van der Waals surface area contributed by atoms with Crippen LogP contribution in [0.5, 0.6) is 0 Å². The number of hydrogen-bond acceptors (Lipinski definition) is 4. The van der Waals surface area contributed by atoms with Gasteiger partial charge in [0, 0.05) is 13.6 Å². The maximum atomic E-state index is 8.61. The van der Waals surface area contributed by atoms with Crippen LogP contribution in [0, 0.1) is 11.3 Å².